The average molecular weight is 1050 g/mol. The monoisotopic (exact) mass is 1050 g/mol. The van der Waals surface area contributed by atoms with E-state index in [4.69, 9.17) is 18.9 Å². The predicted octanol–water partition coefficient (Wildman–Crippen LogP) is 3.60. The molecule has 2 aromatic carbocycles. The molecule has 2 saturated heterocycles. The lowest BCUT2D eigenvalue weighted by molar-refractivity contribution is -0.228. The van der Waals surface area contributed by atoms with Crippen LogP contribution in [-0.4, -0.2) is 152 Å². The molecule has 1 saturated carbocycles. The molecule has 4 N–H and O–H groups in total. The Morgan fingerprint density at radius 2 is 1.72 bits per heavy atom. The van der Waals surface area contributed by atoms with Gasteiger partial charge in [-0.3, -0.25) is 38.1 Å². The number of para-hydroxylation sites is 1. The van der Waals surface area contributed by atoms with Crippen LogP contribution in [0.15, 0.2) is 64.5 Å². The molecule has 10 atom stereocenters. The van der Waals surface area contributed by atoms with Gasteiger partial charge in [-0.15, -0.1) is 0 Å². The largest absolute Gasteiger partial charge is 0.496 e. The van der Waals surface area contributed by atoms with Crippen LogP contribution in [0.2, 0.25) is 0 Å². The minimum Gasteiger partial charge on any atom is -0.496 e. The number of amides is 1. The number of ether oxygens (including phenoxy) is 4. The summed E-state index contributed by atoms with van der Waals surface area (Å²) in [6, 6.07) is 9.97. The van der Waals surface area contributed by atoms with Crippen LogP contribution in [-0.2, 0) is 64.2 Å². The Morgan fingerprint density at radius 1 is 0.974 bits per heavy atom. The van der Waals surface area contributed by atoms with Gasteiger partial charge in [0, 0.05) is 91.8 Å². The highest BCUT2D eigenvalue weighted by molar-refractivity contribution is 5.96. The van der Waals surface area contributed by atoms with Crippen LogP contribution < -0.4 is 20.9 Å². The van der Waals surface area contributed by atoms with E-state index in [-0.39, 0.29) is 23.6 Å². The lowest BCUT2D eigenvalue weighted by Crippen LogP contribution is -2.81. The van der Waals surface area contributed by atoms with Gasteiger partial charge in [-0.1, -0.05) is 58.0 Å². The van der Waals surface area contributed by atoms with Gasteiger partial charge in [0.1, 0.15) is 16.7 Å². The molecule has 5 aromatic rings. The van der Waals surface area contributed by atoms with Crippen molar-refractivity contribution >= 4 is 52.1 Å². The standard InChI is InChI=1S/C46H56N4O10.C10H14N4O2/c1-7-42(55)22-28-23-45(40(53)58-5,36-30(14-18-48(24-28)25-42)29-12-9-10-13-33(29)47-36)32-20-31-34(21-35(32)57-4)50(26-51)38-44(31)16-19-49-17-11-15-43(8-2,37(44)49)39(60-27(3)52)46(38,56)41(54)59-6;1-6(2)4-14-8-7(11-5-12-8)9(15)13(3)10(14)16/h9-13,15,20-21,26,28,37-39,47,55-56H,7-8,14,16-19,22-25H2,1-6H3;5-6H,4H2,1-3H3,(H,11,12)/t28-,37+,38-,39-,42+,43-,44-,45+,46+;/m1./s1. The molecule has 3 aromatic heterocycles. The fraction of sp³-hybridized carbons (Fsp3) is 0.554. The number of anilines is 1. The molecule has 0 radical (unpaired) electrons. The van der Waals surface area contributed by atoms with Crippen molar-refractivity contribution in [2.24, 2.45) is 24.3 Å². The van der Waals surface area contributed by atoms with Crippen molar-refractivity contribution in [3.63, 3.8) is 0 Å². The molecule has 5 aliphatic heterocycles. The van der Waals surface area contributed by atoms with Gasteiger partial charge in [0.05, 0.1) is 45.0 Å². The molecule has 1 amide bonds. The van der Waals surface area contributed by atoms with Gasteiger partial charge in [0.2, 0.25) is 12.0 Å². The van der Waals surface area contributed by atoms with Gasteiger partial charge >= 0.3 is 23.6 Å². The molecule has 11 rings (SSSR count). The number of hydrogen-bond donors (Lipinski definition) is 4. The van der Waals surface area contributed by atoms with Gasteiger partial charge in [0.15, 0.2) is 11.8 Å². The normalized spacial score (nSPS) is 31.2. The van der Waals surface area contributed by atoms with E-state index >= 15 is 4.79 Å². The van der Waals surface area contributed by atoms with Crippen molar-refractivity contribution in [3.8, 4) is 5.75 Å². The molecule has 20 heteroatoms. The van der Waals surface area contributed by atoms with E-state index in [0.717, 1.165) is 21.0 Å². The lowest BCUT2D eigenvalue weighted by Gasteiger charge is -2.63. The van der Waals surface area contributed by atoms with E-state index in [9.17, 15) is 34.2 Å². The Hall–Kier alpha value is -6.61. The van der Waals surface area contributed by atoms with E-state index in [1.54, 1.807) is 6.07 Å². The second-order valence-corrected chi connectivity index (χ2v) is 22.4. The highest BCUT2D eigenvalue weighted by Crippen LogP contribution is 2.68. The quantitative estimate of drug-likeness (QED) is 0.0676. The zero-order valence-electron chi connectivity index (χ0n) is 44.8. The Balaban J connectivity index is 0.000000350. The molecular weight excluding hydrogens is 977 g/mol. The van der Waals surface area contributed by atoms with Crippen LogP contribution in [0.4, 0.5) is 5.69 Å². The van der Waals surface area contributed by atoms with Crippen LogP contribution >= 0.6 is 0 Å². The van der Waals surface area contributed by atoms with Crippen LogP contribution in [0.3, 0.4) is 0 Å². The molecule has 1 spiro atoms. The van der Waals surface area contributed by atoms with Crippen LogP contribution in [0.25, 0.3) is 22.1 Å². The number of benzene rings is 2. The number of nitrogens with zero attached hydrogens (tertiary/aromatic N) is 6. The Bertz CT molecular complexity index is 3300. The second-order valence-electron chi connectivity index (χ2n) is 22.4. The summed E-state index contributed by atoms with van der Waals surface area (Å²) in [5.74, 6) is -1.75. The van der Waals surface area contributed by atoms with Crippen molar-refractivity contribution in [3.05, 3.63) is 98.1 Å². The maximum atomic E-state index is 15.3. The van der Waals surface area contributed by atoms with Gasteiger partial charge in [-0.2, -0.15) is 0 Å². The predicted molar refractivity (Wildman–Crippen MR) is 281 cm³/mol. The van der Waals surface area contributed by atoms with Crippen LogP contribution in [0.1, 0.15) is 89.1 Å². The average Bonchev–Trinajstić information content (AvgIpc) is 4.41. The molecule has 8 heterocycles. The molecule has 3 fully saturated rings. The van der Waals surface area contributed by atoms with Gasteiger partial charge in [-0.25, -0.2) is 14.6 Å². The number of imidazole rings is 1. The number of rotatable bonds is 10. The van der Waals surface area contributed by atoms with E-state index in [1.165, 1.54) is 51.1 Å². The van der Waals surface area contributed by atoms with Gasteiger partial charge in [0.25, 0.3) is 5.56 Å². The van der Waals surface area contributed by atoms with Gasteiger partial charge < -0.3 is 44.0 Å². The molecule has 406 valence electrons. The highest BCUT2D eigenvalue weighted by Gasteiger charge is 2.81. The third-order valence-corrected chi connectivity index (χ3v) is 18.0. The number of esters is 3. The summed E-state index contributed by atoms with van der Waals surface area (Å²) < 4.78 is 26.3. The molecule has 6 aliphatic rings. The number of hydrogen-bond acceptors (Lipinski definition) is 15. The summed E-state index contributed by atoms with van der Waals surface area (Å²) >= 11 is 0. The maximum absolute atomic E-state index is 15.3. The minimum atomic E-state index is -2.53. The van der Waals surface area contributed by atoms with Crippen molar-refractivity contribution in [2.75, 3.05) is 59.0 Å². The molecule has 76 heavy (non-hydrogen) atoms. The summed E-state index contributed by atoms with van der Waals surface area (Å²) in [7, 11) is 5.56. The number of methoxy groups -OCH3 is 3. The lowest BCUT2D eigenvalue weighted by atomic mass is 9.47. The highest BCUT2D eigenvalue weighted by atomic mass is 16.6. The summed E-state index contributed by atoms with van der Waals surface area (Å²) in [6.45, 7) is 12.7. The first-order valence-electron chi connectivity index (χ1n) is 26.4. The van der Waals surface area contributed by atoms with Crippen molar-refractivity contribution in [1.29, 1.82) is 0 Å². The number of aromatic amines is 2. The molecule has 20 nitrogen and oxygen atoms in total. The Kier molecular flexibility index (Phi) is 13.3. The van der Waals surface area contributed by atoms with Crippen LogP contribution in [0, 0.1) is 17.3 Å². The number of aliphatic hydroxyl groups is 2. The molecule has 2 bridgehead atoms. The second kappa shape index (κ2) is 19.1. The number of piperidine rings is 1. The fourth-order valence-electron chi connectivity index (χ4n) is 15.1. The first kappa shape index (κ1) is 52.8. The first-order chi connectivity index (χ1) is 36.3. The molecule has 1 aliphatic carbocycles. The number of carbonyl (C=O) groups excluding carboxylic acids is 4. The number of nitrogens with one attached hydrogen (secondary N) is 2. The molecular formula is C56H70N8O12. The zero-order chi connectivity index (χ0) is 54.4. The number of H-pyrrole nitrogens is 2. The van der Waals surface area contributed by atoms with Crippen molar-refractivity contribution in [2.45, 2.75) is 120 Å². The maximum Gasteiger partial charge on any atom is 0.344 e. The third kappa shape index (κ3) is 7.47. The van der Waals surface area contributed by atoms with E-state index in [2.05, 4.69) is 30.8 Å². The fourth-order valence-corrected chi connectivity index (χ4v) is 15.1. The summed E-state index contributed by atoms with van der Waals surface area (Å²) in [5.41, 5.74) is -3.00. The first-order valence-corrected chi connectivity index (χ1v) is 26.4. The summed E-state index contributed by atoms with van der Waals surface area (Å²) in [4.78, 5) is 96.6. The third-order valence-electron chi connectivity index (χ3n) is 18.0. The Morgan fingerprint density at radius 3 is 2.39 bits per heavy atom. The Labute approximate surface area is 439 Å². The zero-order valence-corrected chi connectivity index (χ0v) is 44.8. The topological polar surface area (TPSA) is 244 Å². The summed E-state index contributed by atoms with van der Waals surface area (Å²) in [5, 5.41) is 26.3. The summed E-state index contributed by atoms with van der Waals surface area (Å²) in [6.07, 6.45) is 7.27. The van der Waals surface area contributed by atoms with Crippen LogP contribution in [0.5, 0.6) is 5.75 Å². The van der Waals surface area contributed by atoms with E-state index in [0.29, 0.717) is 123 Å². The van der Waals surface area contributed by atoms with Crippen molar-refractivity contribution in [1.82, 2.24) is 33.9 Å². The van der Waals surface area contributed by atoms with Gasteiger partial charge in [-0.05, 0) is 80.2 Å². The number of aromatic nitrogens is 5. The minimum absolute atomic E-state index is 0.155. The van der Waals surface area contributed by atoms with E-state index < -0.39 is 63.5 Å². The SMILES string of the molecule is CC(C)Cn1c(=O)n(C)c(=O)c2[nH]cnc21.CC[C@]1(O)C[C@H]2CN(CCc3c([nH]c4ccccc34)[C@@](C(=O)OC)(c3cc4c(cc3OC)N(C=O)[C@H]3[C@@](O)(C(=O)OC)[C@H](OC(C)=O)[C@]5(CC)C=CCN6CC[C@]43[C@@H]65)C2)C1. The smallest absolute Gasteiger partial charge is 0.344 e. The van der Waals surface area contributed by atoms with Crippen molar-refractivity contribution < 1.29 is 48.3 Å². The molecule has 1 unspecified atom stereocenters. The van der Waals surface area contributed by atoms with E-state index in [1.807, 2.05) is 64.1 Å². The number of fused-ring (bicyclic) bond motifs is 7. The number of carbonyl (C=O) groups is 4.